The molecule has 0 radical (unpaired) electrons. The zero-order valence-electron chi connectivity index (χ0n) is 19.1. The third-order valence-electron chi connectivity index (χ3n) is 5.61. The highest BCUT2D eigenvalue weighted by atomic mass is 19.1. The average Bonchev–Trinajstić information content (AvgIpc) is 3.04. The molecule has 0 unspecified atom stereocenters. The molecule has 172 valence electrons. The summed E-state index contributed by atoms with van der Waals surface area (Å²) >= 11 is 0. The minimum atomic E-state index is -0.284. The Morgan fingerprint density at radius 3 is 2.41 bits per heavy atom. The lowest BCUT2D eigenvalue weighted by atomic mass is 10.1. The molecular weight excluding hydrogens is 409 g/mol. The number of amides is 2. The van der Waals surface area contributed by atoms with Crippen LogP contribution in [0, 0.1) is 11.7 Å². The molecule has 0 N–H and O–H groups in total. The van der Waals surface area contributed by atoms with Gasteiger partial charge in [0.1, 0.15) is 5.82 Å². The fourth-order valence-electron chi connectivity index (χ4n) is 3.78. The lowest BCUT2D eigenvalue weighted by Gasteiger charge is -2.26. The van der Waals surface area contributed by atoms with E-state index in [9.17, 15) is 14.0 Å². The minimum Gasteiger partial charge on any atom is -0.353 e. The smallest absolute Gasteiger partial charge is 0.242 e. The van der Waals surface area contributed by atoms with Crippen LogP contribution in [0.1, 0.15) is 33.6 Å². The quantitative estimate of drug-likeness (QED) is 0.660. The van der Waals surface area contributed by atoms with Gasteiger partial charge >= 0.3 is 0 Å². The second-order valence-corrected chi connectivity index (χ2v) is 8.51. The van der Waals surface area contributed by atoms with E-state index in [0.29, 0.717) is 38.3 Å². The standard InChI is InChI=1S/C24H32FN5O2/c1-4-28(23(31)16-18(2)3)17-24(32)30-13-5-12-29(14-15-30)22-11-10-21(26-27-22)19-6-8-20(25)9-7-19/h6-11,18H,4-5,12-17H2,1-3H3. The largest absolute Gasteiger partial charge is 0.353 e. The average molecular weight is 442 g/mol. The van der Waals surface area contributed by atoms with Gasteiger partial charge in [-0.2, -0.15) is 0 Å². The summed E-state index contributed by atoms with van der Waals surface area (Å²) in [5.74, 6) is 0.766. The summed E-state index contributed by atoms with van der Waals surface area (Å²) < 4.78 is 13.1. The number of rotatable bonds is 7. The van der Waals surface area contributed by atoms with Crippen LogP contribution in [0.25, 0.3) is 11.3 Å². The normalized spacial score (nSPS) is 14.4. The molecule has 2 heterocycles. The van der Waals surface area contributed by atoms with Gasteiger partial charge in [-0.3, -0.25) is 9.59 Å². The van der Waals surface area contributed by atoms with E-state index in [-0.39, 0.29) is 30.1 Å². The molecule has 1 aromatic heterocycles. The van der Waals surface area contributed by atoms with Crippen LogP contribution in [-0.2, 0) is 9.59 Å². The number of anilines is 1. The van der Waals surface area contributed by atoms with E-state index in [4.69, 9.17) is 0 Å². The first kappa shape index (κ1) is 23.6. The van der Waals surface area contributed by atoms with E-state index < -0.39 is 0 Å². The summed E-state index contributed by atoms with van der Waals surface area (Å²) in [5.41, 5.74) is 1.50. The van der Waals surface area contributed by atoms with Crippen LogP contribution < -0.4 is 4.90 Å². The molecule has 1 fully saturated rings. The number of halogens is 1. The third-order valence-corrected chi connectivity index (χ3v) is 5.61. The SMILES string of the molecule is CCN(CC(=O)N1CCCN(c2ccc(-c3ccc(F)cc3)nn2)CC1)C(=O)CC(C)C. The van der Waals surface area contributed by atoms with Crippen molar-refractivity contribution in [3.63, 3.8) is 0 Å². The van der Waals surface area contributed by atoms with Gasteiger partial charge in [0.25, 0.3) is 0 Å². The zero-order valence-corrected chi connectivity index (χ0v) is 19.1. The molecular formula is C24H32FN5O2. The Morgan fingerprint density at radius 2 is 1.78 bits per heavy atom. The minimum absolute atomic E-state index is 0.0106. The predicted octanol–water partition coefficient (Wildman–Crippen LogP) is 3.22. The van der Waals surface area contributed by atoms with Crippen LogP contribution in [0.4, 0.5) is 10.2 Å². The molecule has 0 atom stereocenters. The van der Waals surface area contributed by atoms with Gasteiger partial charge in [-0.15, -0.1) is 10.2 Å². The highest BCUT2D eigenvalue weighted by molar-refractivity contribution is 5.85. The van der Waals surface area contributed by atoms with Crippen molar-refractivity contribution in [1.29, 1.82) is 0 Å². The van der Waals surface area contributed by atoms with Crippen LogP contribution >= 0.6 is 0 Å². The molecule has 8 heteroatoms. The van der Waals surface area contributed by atoms with Gasteiger partial charge in [0, 0.05) is 44.7 Å². The first-order valence-electron chi connectivity index (χ1n) is 11.3. The second kappa shape index (κ2) is 11.0. The monoisotopic (exact) mass is 441 g/mol. The molecule has 1 saturated heterocycles. The first-order valence-corrected chi connectivity index (χ1v) is 11.3. The van der Waals surface area contributed by atoms with E-state index in [0.717, 1.165) is 24.3 Å². The van der Waals surface area contributed by atoms with Gasteiger partial charge in [-0.05, 0) is 55.7 Å². The summed E-state index contributed by atoms with van der Waals surface area (Å²) in [6.45, 7) is 9.26. The van der Waals surface area contributed by atoms with Gasteiger partial charge in [0.05, 0.1) is 12.2 Å². The van der Waals surface area contributed by atoms with Crippen LogP contribution in [0.15, 0.2) is 36.4 Å². The van der Waals surface area contributed by atoms with Crippen molar-refractivity contribution in [2.24, 2.45) is 5.92 Å². The molecule has 7 nitrogen and oxygen atoms in total. The summed E-state index contributed by atoms with van der Waals surface area (Å²) in [6.07, 6.45) is 1.28. The van der Waals surface area contributed by atoms with Gasteiger partial charge in [-0.1, -0.05) is 13.8 Å². The lowest BCUT2D eigenvalue weighted by molar-refractivity contribution is -0.140. The first-order chi connectivity index (χ1) is 15.4. The van der Waals surface area contributed by atoms with Crippen molar-refractivity contribution in [2.75, 3.05) is 44.2 Å². The number of nitrogens with zero attached hydrogens (tertiary/aromatic N) is 5. The molecule has 32 heavy (non-hydrogen) atoms. The van der Waals surface area contributed by atoms with E-state index >= 15 is 0 Å². The molecule has 0 spiro atoms. The summed E-state index contributed by atoms with van der Waals surface area (Å²) in [5, 5.41) is 8.64. The number of benzene rings is 1. The van der Waals surface area contributed by atoms with Crippen molar-refractivity contribution in [1.82, 2.24) is 20.0 Å². The van der Waals surface area contributed by atoms with Gasteiger partial charge in [0.2, 0.25) is 11.8 Å². The van der Waals surface area contributed by atoms with Crippen molar-refractivity contribution in [2.45, 2.75) is 33.6 Å². The molecule has 2 aromatic rings. The van der Waals surface area contributed by atoms with E-state index in [1.54, 1.807) is 17.0 Å². The number of hydrogen-bond acceptors (Lipinski definition) is 5. The molecule has 3 rings (SSSR count). The maximum atomic E-state index is 13.1. The Balaban J connectivity index is 1.58. The fraction of sp³-hybridized carbons (Fsp3) is 0.500. The van der Waals surface area contributed by atoms with Gasteiger partial charge < -0.3 is 14.7 Å². The second-order valence-electron chi connectivity index (χ2n) is 8.51. The molecule has 0 aliphatic carbocycles. The predicted molar refractivity (Wildman–Crippen MR) is 123 cm³/mol. The highest BCUT2D eigenvalue weighted by Gasteiger charge is 2.23. The van der Waals surface area contributed by atoms with E-state index in [2.05, 4.69) is 15.1 Å². The topological polar surface area (TPSA) is 69.6 Å². The number of hydrogen-bond donors (Lipinski definition) is 0. The summed E-state index contributed by atoms with van der Waals surface area (Å²) in [7, 11) is 0. The Bertz CT molecular complexity index is 902. The zero-order chi connectivity index (χ0) is 23.1. The van der Waals surface area contributed by atoms with Crippen LogP contribution in [0.3, 0.4) is 0 Å². The third kappa shape index (κ3) is 6.24. The molecule has 2 amide bonds. The Hall–Kier alpha value is -3.03. The maximum absolute atomic E-state index is 13.1. The van der Waals surface area contributed by atoms with Gasteiger partial charge in [-0.25, -0.2) is 4.39 Å². The van der Waals surface area contributed by atoms with Crippen molar-refractivity contribution in [3.8, 4) is 11.3 Å². The molecule has 1 aromatic carbocycles. The van der Waals surface area contributed by atoms with Crippen LogP contribution in [-0.4, -0.2) is 71.1 Å². The number of carbonyl (C=O) groups excluding carboxylic acids is 2. The Kier molecular flexibility index (Phi) is 8.14. The Labute approximate surface area is 189 Å². The van der Waals surface area contributed by atoms with Gasteiger partial charge in [0.15, 0.2) is 5.82 Å². The van der Waals surface area contributed by atoms with E-state index in [1.165, 1.54) is 12.1 Å². The number of likely N-dealkylation sites (N-methyl/N-ethyl adjacent to an activating group) is 1. The number of aromatic nitrogens is 2. The molecule has 1 aliphatic rings. The van der Waals surface area contributed by atoms with Crippen LogP contribution in [0.5, 0.6) is 0 Å². The van der Waals surface area contributed by atoms with Crippen LogP contribution in [0.2, 0.25) is 0 Å². The maximum Gasteiger partial charge on any atom is 0.242 e. The van der Waals surface area contributed by atoms with Crippen molar-refractivity contribution >= 4 is 17.6 Å². The van der Waals surface area contributed by atoms with E-state index in [1.807, 2.05) is 37.8 Å². The highest BCUT2D eigenvalue weighted by Crippen LogP contribution is 2.20. The molecule has 1 aliphatic heterocycles. The summed E-state index contributed by atoms with van der Waals surface area (Å²) in [4.78, 5) is 30.8. The fourth-order valence-corrected chi connectivity index (χ4v) is 3.78. The van der Waals surface area contributed by atoms with Crippen molar-refractivity contribution in [3.05, 3.63) is 42.2 Å². The summed E-state index contributed by atoms with van der Waals surface area (Å²) in [6, 6.07) is 9.96. The number of carbonyl (C=O) groups is 2. The molecule has 0 bridgehead atoms. The molecule has 0 saturated carbocycles. The van der Waals surface area contributed by atoms with Crippen molar-refractivity contribution < 1.29 is 14.0 Å². The Morgan fingerprint density at radius 1 is 1.03 bits per heavy atom. The lowest BCUT2D eigenvalue weighted by Crippen LogP contribution is -2.44.